The van der Waals surface area contributed by atoms with Gasteiger partial charge < -0.3 is 8.83 Å². The monoisotopic (exact) mass is 717 g/mol. The highest BCUT2D eigenvalue weighted by molar-refractivity contribution is 6.07. The van der Waals surface area contributed by atoms with Crippen molar-refractivity contribution in [2.75, 3.05) is 0 Å². The largest absolute Gasteiger partial charge is 0.456 e. The van der Waals surface area contributed by atoms with Crippen LogP contribution in [0.5, 0.6) is 0 Å². The van der Waals surface area contributed by atoms with Gasteiger partial charge in [-0.15, -0.1) is 0 Å². The Morgan fingerprint density at radius 2 is 0.804 bits per heavy atom. The topological polar surface area (TPSA) is 65.0 Å². The molecule has 11 rings (SSSR count). The first kappa shape index (κ1) is 31.9. The molecule has 0 spiro atoms. The van der Waals surface area contributed by atoms with Gasteiger partial charge in [-0.2, -0.15) is 0 Å². The average molecular weight is 718 g/mol. The van der Waals surface area contributed by atoms with E-state index in [1.807, 2.05) is 54.7 Å². The summed E-state index contributed by atoms with van der Waals surface area (Å²) in [5.41, 5.74) is 14.4. The van der Waals surface area contributed by atoms with Gasteiger partial charge in [0.05, 0.1) is 11.4 Å². The highest BCUT2D eigenvalue weighted by Gasteiger charge is 2.16. The zero-order chi connectivity index (χ0) is 37.0. The molecule has 7 aromatic carbocycles. The van der Waals surface area contributed by atoms with Crippen molar-refractivity contribution in [2.24, 2.45) is 0 Å². The van der Waals surface area contributed by atoms with E-state index in [1.54, 1.807) is 6.20 Å². The van der Waals surface area contributed by atoms with Gasteiger partial charge in [-0.05, 0) is 100 Å². The fraction of sp³-hybridized carbons (Fsp3) is 0. The first-order valence-corrected chi connectivity index (χ1v) is 18.6. The second-order valence-corrected chi connectivity index (χ2v) is 14.1. The van der Waals surface area contributed by atoms with Crippen molar-refractivity contribution in [1.29, 1.82) is 0 Å². The normalized spacial score (nSPS) is 11.6. The summed E-state index contributed by atoms with van der Waals surface area (Å²) >= 11 is 0. The minimum Gasteiger partial charge on any atom is -0.456 e. The molecule has 0 aliphatic heterocycles. The number of furan rings is 2. The zero-order valence-corrected chi connectivity index (χ0v) is 30.1. The first-order chi connectivity index (χ1) is 27.7. The summed E-state index contributed by atoms with van der Waals surface area (Å²) in [4.78, 5) is 14.7. The lowest BCUT2D eigenvalue weighted by Gasteiger charge is -2.13. The van der Waals surface area contributed by atoms with Crippen LogP contribution in [0.15, 0.2) is 197 Å². The number of hydrogen-bond donors (Lipinski definition) is 0. The lowest BCUT2D eigenvalue weighted by molar-refractivity contribution is 0.668. The smallest absolute Gasteiger partial charge is 0.160 e. The Balaban J connectivity index is 1.10. The van der Waals surface area contributed by atoms with Gasteiger partial charge in [0, 0.05) is 50.6 Å². The molecular formula is C51H31N3O2. The third-order valence-corrected chi connectivity index (χ3v) is 10.6. The second kappa shape index (κ2) is 13.0. The molecule has 4 aromatic heterocycles. The summed E-state index contributed by atoms with van der Waals surface area (Å²) in [5.74, 6) is 0.661. The first-order valence-electron chi connectivity index (χ1n) is 18.6. The van der Waals surface area contributed by atoms with Crippen molar-refractivity contribution in [1.82, 2.24) is 15.0 Å². The van der Waals surface area contributed by atoms with Crippen LogP contribution in [0.4, 0.5) is 0 Å². The maximum absolute atomic E-state index is 6.35. The lowest BCUT2D eigenvalue weighted by atomic mass is 9.93. The molecule has 5 heteroatoms. The van der Waals surface area contributed by atoms with Gasteiger partial charge in [-0.1, -0.05) is 109 Å². The van der Waals surface area contributed by atoms with Gasteiger partial charge in [-0.25, -0.2) is 9.97 Å². The quantitative estimate of drug-likeness (QED) is 0.171. The minimum atomic E-state index is 0.661. The number of para-hydroxylation sites is 2. The molecule has 0 N–H and O–H groups in total. The zero-order valence-electron chi connectivity index (χ0n) is 30.1. The highest BCUT2D eigenvalue weighted by atomic mass is 16.3. The van der Waals surface area contributed by atoms with Crippen molar-refractivity contribution in [3.05, 3.63) is 188 Å². The van der Waals surface area contributed by atoms with E-state index in [0.29, 0.717) is 5.82 Å². The van der Waals surface area contributed by atoms with Crippen LogP contribution in [-0.2, 0) is 0 Å². The molecule has 0 unspecified atom stereocenters. The van der Waals surface area contributed by atoms with E-state index in [9.17, 15) is 0 Å². The molecule has 262 valence electrons. The van der Waals surface area contributed by atoms with Crippen molar-refractivity contribution in [2.45, 2.75) is 0 Å². The minimum absolute atomic E-state index is 0.661. The van der Waals surface area contributed by atoms with Gasteiger partial charge in [0.1, 0.15) is 22.3 Å². The molecular weight excluding hydrogens is 687 g/mol. The van der Waals surface area contributed by atoms with E-state index < -0.39 is 0 Å². The van der Waals surface area contributed by atoms with Crippen LogP contribution >= 0.6 is 0 Å². The van der Waals surface area contributed by atoms with Crippen molar-refractivity contribution < 1.29 is 8.83 Å². The standard InChI is InChI=1S/C51H31N3O2/c1-2-9-34(10-3-1)51-53-45(33-18-16-32(17-19-33)37-11-8-24-52-31-37)30-46(54-51)40-26-38(35-20-22-43-41-12-4-6-14-47(41)55-49(43)28-35)25-39(27-40)36-21-23-44-42-13-5-7-15-48(42)56-50(44)29-36/h1-31H. The summed E-state index contributed by atoms with van der Waals surface area (Å²) in [7, 11) is 0. The van der Waals surface area contributed by atoms with Gasteiger partial charge in [-0.3, -0.25) is 4.98 Å². The number of benzene rings is 7. The summed E-state index contributed by atoms with van der Waals surface area (Å²) in [6, 6.07) is 60.8. The Kier molecular flexibility index (Phi) is 7.42. The molecule has 5 nitrogen and oxygen atoms in total. The number of fused-ring (bicyclic) bond motifs is 6. The summed E-state index contributed by atoms with van der Waals surface area (Å²) in [6.45, 7) is 0. The molecule has 4 heterocycles. The van der Waals surface area contributed by atoms with Gasteiger partial charge in [0.15, 0.2) is 5.82 Å². The Morgan fingerprint density at radius 3 is 1.41 bits per heavy atom. The van der Waals surface area contributed by atoms with E-state index in [1.165, 1.54) is 0 Å². The molecule has 0 fully saturated rings. The number of hydrogen-bond acceptors (Lipinski definition) is 5. The van der Waals surface area contributed by atoms with E-state index in [0.717, 1.165) is 105 Å². The van der Waals surface area contributed by atoms with E-state index in [2.05, 4.69) is 132 Å². The van der Waals surface area contributed by atoms with E-state index >= 15 is 0 Å². The molecule has 0 amide bonds. The van der Waals surface area contributed by atoms with Crippen molar-refractivity contribution in [3.63, 3.8) is 0 Å². The van der Waals surface area contributed by atoms with Gasteiger partial charge >= 0.3 is 0 Å². The van der Waals surface area contributed by atoms with E-state index in [-0.39, 0.29) is 0 Å². The van der Waals surface area contributed by atoms with Crippen LogP contribution in [0.25, 0.3) is 111 Å². The fourth-order valence-electron chi connectivity index (χ4n) is 7.75. The third-order valence-electron chi connectivity index (χ3n) is 10.6. The second-order valence-electron chi connectivity index (χ2n) is 14.1. The van der Waals surface area contributed by atoms with Gasteiger partial charge in [0.2, 0.25) is 0 Å². The lowest BCUT2D eigenvalue weighted by Crippen LogP contribution is -1.96. The SMILES string of the molecule is c1ccc(-c2nc(-c3ccc(-c4cccnc4)cc3)cc(-c3cc(-c4ccc5c(c4)oc4ccccc45)cc(-c4ccc5c(c4)oc4ccccc45)c3)n2)cc1. The molecule has 0 atom stereocenters. The van der Waals surface area contributed by atoms with Crippen molar-refractivity contribution >= 4 is 43.9 Å². The summed E-state index contributed by atoms with van der Waals surface area (Å²) in [6.07, 6.45) is 3.67. The molecule has 0 bridgehead atoms. The van der Waals surface area contributed by atoms with Crippen LogP contribution in [0, 0.1) is 0 Å². The number of nitrogens with zero attached hydrogens (tertiary/aromatic N) is 3. The Morgan fingerprint density at radius 1 is 0.304 bits per heavy atom. The summed E-state index contributed by atoms with van der Waals surface area (Å²) < 4.78 is 12.7. The Labute approximate surface area is 322 Å². The maximum atomic E-state index is 6.35. The fourth-order valence-corrected chi connectivity index (χ4v) is 7.75. The molecule has 0 radical (unpaired) electrons. The number of pyridine rings is 1. The predicted octanol–water partition coefficient (Wildman–Crippen LogP) is 13.7. The van der Waals surface area contributed by atoms with Crippen molar-refractivity contribution in [3.8, 4) is 67.3 Å². The van der Waals surface area contributed by atoms with Crippen LogP contribution in [0.3, 0.4) is 0 Å². The average Bonchev–Trinajstić information content (AvgIpc) is 3.84. The maximum Gasteiger partial charge on any atom is 0.160 e. The Hall–Kier alpha value is -7.63. The van der Waals surface area contributed by atoms with E-state index in [4.69, 9.17) is 18.8 Å². The molecule has 0 saturated heterocycles. The molecule has 0 aliphatic carbocycles. The molecule has 0 saturated carbocycles. The number of aromatic nitrogens is 3. The third kappa shape index (κ3) is 5.62. The Bertz CT molecular complexity index is 3110. The van der Waals surface area contributed by atoms with Crippen LogP contribution in [-0.4, -0.2) is 15.0 Å². The van der Waals surface area contributed by atoms with Crippen LogP contribution in [0.2, 0.25) is 0 Å². The van der Waals surface area contributed by atoms with Crippen LogP contribution < -0.4 is 0 Å². The number of rotatable bonds is 6. The predicted molar refractivity (Wildman–Crippen MR) is 227 cm³/mol. The molecule has 11 aromatic rings. The van der Waals surface area contributed by atoms with Crippen LogP contribution in [0.1, 0.15) is 0 Å². The van der Waals surface area contributed by atoms with Gasteiger partial charge in [0.25, 0.3) is 0 Å². The summed E-state index contributed by atoms with van der Waals surface area (Å²) in [5, 5.41) is 4.41. The molecule has 0 aliphatic rings. The highest BCUT2D eigenvalue weighted by Crippen LogP contribution is 2.39. The molecule has 56 heavy (non-hydrogen) atoms.